The van der Waals surface area contributed by atoms with Gasteiger partial charge in [0.25, 0.3) is 5.91 Å². The quantitative estimate of drug-likeness (QED) is 0.766. The highest BCUT2D eigenvalue weighted by molar-refractivity contribution is 7.18. The van der Waals surface area contributed by atoms with Crippen LogP contribution in [-0.2, 0) is 0 Å². The zero-order valence-electron chi connectivity index (χ0n) is 12.9. The molecule has 0 spiro atoms. The average molecular weight is 336 g/mol. The summed E-state index contributed by atoms with van der Waals surface area (Å²) in [6, 6.07) is 7.96. The molecule has 24 heavy (non-hydrogen) atoms. The number of anilines is 1. The van der Waals surface area contributed by atoms with E-state index in [9.17, 15) is 4.79 Å². The van der Waals surface area contributed by atoms with Gasteiger partial charge < -0.3 is 11.1 Å². The van der Waals surface area contributed by atoms with Crippen molar-refractivity contribution >= 4 is 45.4 Å². The number of nitrogen functional groups attached to an aromatic ring is 1. The first kappa shape index (κ1) is 14.8. The molecule has 5 nitrogen and oxygen atoms in total. The molecule has 2 aromatic heterocycles. The molecule has 0 bridgehead atoms. The summed E-state index contributed by atoms with van der Waals surface area (Å²) in [5.41, 5.74) is 9.37. The van der Waals surface area contributed by atoms with E-state index in [-0.39, 0.29) is 5.91 Å². The predicted octanol–water partition coefficient (Wildman–Crippen LogP) is 3.34. The first-order valence-electron chi connectivity index (χ1n) is 7.77. The van der Waals surface area contributed by atoms with Gasteiger partial charge in [0.2, 0.25) is 0 Å². The third-order valence-corrected chi connectivity index (χ3v) is 4.94. The monoisotopic (exact) mass is 336 g/mol. The van der Waals surface area contributed by atoms with Gasteiger partial charge in [-0.3, -0.25) is 4.79 Å². The van der Waals surface area contributed by atoms with E-state index in [1.54, 1.807) is 0 Å². The summed E-state index contributed by atoms with van der Waals surface area (Å²) in [5.74, 6) is 0.498. The maximum absolute atomic E-state index is 12.1. The van der Waals surface area contributed by atoms with Crippen molar-refractivity contribution in [2.45, 2.75) is 18.9 Å². The molecule has 1 aliphatic carbocycles. The number of thiophene rings is 1. The van der Waals surface area contributed by atoms with Crippen molar-refractivity contribution in [1.82, 2.24) is 15.3 Å². The molecule has 0 saturated heterocycles. The first-order valence-corrected chi connectivity index (χ1v) is 8.65. The second-order valence-electron chi connectivity index (χ2n) is 5.83. The van der Waals surface area contributed by atoms with Gasteiger partial charge in [0.1, 0.15) is 12.1 Å². The topological polar surface area (TPSA) is 80.9 Å². The Morgan fingerprint density at radius 2 is 2.17 bits per heavy atom. The molecule has 0 atom stereocenters. The lowest BCUT2D eigenvalue weighted by Crippen LogP contribution is -2.25. The summed E-state index contributed by atoms with van der Waals surface area (Å²) in [4.78, 5) is 20.4. The maximum atomic E-state index is 12.1. The number of nitrogens with two attached hydrogens (primary N) is 1. The average Bonchev–Trinajstić information content (AvgIpc) is 3.31. The molecule has 1 aliphatic rings. The molecule has 6 heteroatoms. The predicted molar refractivity (Wildman–Crippen MR) is 97.7 cm³/mol. The van der Waals surface area contributed by atoms with Crippen molar-refractivity contribution in [2.75, 3.05) is 5.73 Å². The van der Waals surface area contributed by atoms with E-state index >= 15 is 0 Å². The van der Waals surface area contributed by atoms with E-state index in [2.05, 4.69) is 15.3 Å². The molecule has 1 amide bonds. The fraction of sp³-hybridized carbons (Fsp3) is 0.167. The minimum Gasteiger partial charge on any atom is -0.382 e. The highest BCUT2D eigenvalue weighted by Gasteiger charge is 2.23. The molecule has 1 aromatic carbocycles. The Bertz CT molecular complexity index is 943. The SMILES string of the molecule is Nc1ncnc2c(C=Cc3cccc(C(=O)NC4CC4)c3)csc12. The zero-order chi connectivity index (χ0) is 16.5. The molecule has 120 valence electrons. The molecule has 0 radical (unpaired) electrons. The van der Waals surface area contributed by atoms with Crippen molar-refractivity contribution in [3.05, 3.63) is 52.7 Å². The number of aromatic nitrogens is 2. The number of hydrogen-bond donors (Lipinski definition) is 2. The standard InChI is InChI=1S/C18H16N4OS/c19-17-16-15(20-10-21-17)13(9-24-16)5-4-11-2-1-3-12(8-11)18(23)22-14-6-7-14/h1-5,8-10,14H,6-7H2,(H,22,23)(H2,19,20,21). The lowest BCUT2D eigenvalue weighted by atomic mass is 10.1. The first-order chi connectivity index (χ1) is 11.7. The normalized spacial score (nSPS) is 14.3. The Balaban J connectivity index is 1.58. The summed E-state index contributed by atoms with van der Waals surface area (Å²) in [6.45, 7) is 0. The molecule has 1 fully saturated rings. The van der Waals surface area contributed by atoms with E-state index in [1.165, 1.54) is 17.7 Å². The van der Waals surface area contributed by atoms with Crippen LogP contribution in [0, 0.1) is 0 Å². The highest BCUT2D eigenvalue weighted by Crippen LogP contribution is 2.28. The minimum atomic E-state index is -0.00533. The van der Waals surface area contributed by atoms with Gasteiger partial charge >= 0.3 is 0 Å². The van der Waals surface area contributed by atoms with Gasteiger partial charge in [-0.15, -0.1) is 11.3 Å². The fourth-order valence-electron chi connectivity index (χ4n) is 2.47. The molecule has 1 saturated carbocycles. The molecular formula is C18H16N4OS. The maximum Gasteiger partial charge on any atom is 0.251 e. The number of fused-ring (bicyclic) bond motifs is 1. The largest absolute Gasteiger partial charge is 0.382 e. The van der Waals surface area contributed by atoms with Gasteiger partial charge in [-0.25, -0.2) is 9.97 Å². The van der Waals surface area contributed by atoms with Crippen LogP contribution in [-0.4, -0.2) is 21.9 Å². The number of carbonyl (C=O) groups is 1. The number of carbonyl (C=O) groups excluding carboxylic acids is 1. The summed E-state index contributed by atoms with van der Waals surface area (Å²) in [5, 5.41) is 5.02. The molecule has 0 unspecified atom stereocenters. The van der Waals surface area contributed by atoms with Crippen molar-refractivity contribution in [3.8, 4) is 0 Å². The van der Waals surface area contributed by atoms with Gasteiger partial charge in [-0.1, -0.05) is 24.3 Å². The summed E-state index contributed by atoms with van der Waals surface area (Å²) in [7, 11) is 0. The smallest absolute Gasteiger partial charge is 0.251 e. The van der Waals surface area contributed by atoms with Crippen LogP contribution in [0.25, 0.3) is 22.4 Å². The Hall–Kier alpha value is -2.73. The molecule has 2 heterocycles. The second-order valence-corrected chi connectivity index (χ2v) is 6.71. The van der Waals surface area contributed by atoms with Gasteiger partial charge in [-0.05, 0) is 30.5 Å². The zero-order valence-corrected chi connectivity index (χ0v) is 13.7. The minimum absolute atomic E-state index is 0.00533. The summed E-state index contributed by atoms with van der Waals surface area (Å²) < 4.78 is 0.898. The van der Waals surface area contributed by atoms with Crippen molar-refractivity contribution in [1.29, 1.82) is 0 Å². The summed E-state index contributed by atoms with van der Waals surface area (Å²) in [6.07, 6.45) is 7.62. The van der Waals surface area contributed by atoms with Crippen LogP contribution in [0.15, 0.2) is 36.0 Å². The van der Waals surface area contributed by atoms with Crippen molar-refractivity contribution in [3.63, 3.8) is 0 Å². The van der Waals surface area contributed by atoms with Crippen molar-refractivity contribution < 1.29 is 4.79 Å². The Kier molecular flexibility index (Phi) is 3.74. The molecular weight excluding hydrogens is 320 g/mol. The third-order valence-electron chi connectivity index (χ3n) is 3.93. The van der Waals surface area contributed by atoms with Crippen LogP contribution in [0.5, 0.6) is 0 Å². The van der Waals surface area contributed by atoms with Crippen LogP contribution in [0.4, 0.5) is 5.82 Å². The molecule has 0 aliphatic heterocycles. The van der Waals surface area contributed by atoms with E-state index in [1.807, 2.05) is 41.8 Å². The van der Waals surface area contributed by atoms with Crippen LogP contribution in [0.2, 0.25) is 0 Å². The number of hydrogen-bond acceptors (Lipinski definition) is 5. The molecule has 3 aromatic rings. The number of nitrogens with zero attached hydrogens (tertiary/aromatic N) is 2. The van der Waals surface area contributed by atoms with Crippen LogP contribution in [0.3, 0.4) is 0 Å². The fourth-order valence-corrected chi connectivity index (χ4v) is 3.36. The molecule has 3 N–H and O–H groups in total. The van der Waals surface area contributed by atoms with E-state index in [0.29, 0.717) is 17.4 Å². The van der Waals surface area contributed by atoms with E-state index in [4.69, 9.17) is 5.73 Å². The number of benzene rings is 1. The Labute approximate surface area is 143 Å². The summed E-state index contributed by atoms with van der Waals surface area (Å²) >= 11 is 1.53. The number of amides is 1. The highest BCUT2D eigenvalue weighted by atomic mass is 32.1. The number of rotatable bonds is 4. The second kappa shape index (κ2) is 6.05. The molecule has 4 rings (SSSR count). The lowest BCUT2D eigenvalue weighted by Gasteiger charge is -2.03. The Morgan fingerprint density at radius 1 is 1.29 bits per heavy atom. The van der Waals surface area contributed by atoms with Gasteiger partial charge in [0.15, 0.2) is 0 Å². The van der Waals surface area contributed by atoms with E-state index in [0.717, 1.165) is 34.2 Å². The van der Waals surface area contributed by atoms with Gasteiger partial charge in [0, 0.05) is 22.5 Å². The third kappa shape index (κ3) is 3.00. The van der Waals surface area contributed by atoms with Crippen LogP contribution < -0.4 is 11.1 Å². The lowest BCUT2D eigenvalue weighted by molar-refractivity contribution is 0.0951. The Morgan fingerprint density at radius 3 is 3.00 bits per heavy atom. The van der Waals surface area contributed by atoms with Gasteiger partial charge in [0.05, 0.1) is 10.2 Å². The number of nitrogens with one attached hydrogen (secondary N) is 1. The van der Waals surface area contributed by atoms with Crippen LogP contribution >= 0.6 is 11.3 Å². The van der Waals surface area contributed by atoms with Gasteiger partial charge in [-0.2, -0.15) is 0 Å². The van der Waals surface area contributed by atoms with Crippen molar-refractivity contribution in [2.24, 2.45) is 0 Å². The van der Waals surface area contributed by atoms with E-state index < -0.39 is 0 Å². The van der Waals surface area contributed by atoms with Crippen LogP contribution in [0.1, 0.15) is 34.3 Å².